The second kappa shape index (κ2) is 9.11. The molecule has 0 heterocycles. The summed E-state index contributed by atoms with van der Waals surface area (Å²) in [6.07, 6.45) is 2.82. The quantitative estimate of drug-likeness (QED) is 0.603. The summed E-state index contributed by atoms with van der Waals surface area (Å²) in [7, 11) is 1.57. The summed E-state index contributed by atoms with van der Waals surface area (Å²) < 4.78 is 9.92. The summed E-state index contributed by atoms with van der Waals surface area (Å²) >= 11 is 11.7. The summed E-state index contributed by atoms with van der Waals surface area (Å²) in [6, 6.07) is 11.8. The Balaban J connectivity index is 1.82. The van der Waals surface area contributed by atoms with E-state index in [-0.39, 0.29) is 0 Å². The minimum Gasteiger partial charge on any atom is -0.497 e. The maximum atomic E-state index is 11.8. The lowest BCUT2D eigenvalue weighted by atomic mass is 10.2. The first-order valence-corrected chi connectivity index (χ1v) is 7.97. The average Bonchev–Trinajstić information content (AvgIpc) is 2.61. The molecule has 25 heavy (non-hydrogen) atoms. The first-order valence-electron chi connectivity index (χ1n) is 7.22. The topological polar surface area (TPSA) is 64.6 Å². The van der Waals surface area contributed by atoms with Crippen LogP contribution in [0.4, 0.5) is 5.69 Å². The first-order chi connectivity index (χ1) is 12.0. The molecule has 130 valence electrons. The van der Waals surface area contributed by atoms with Crippen molar-refractivity contribution in [2.75, 3.05) is 19.0 Å². The molecular weight excluding hydrogens is 365 g/mol. The molecule has 7 heteroatoms. The van der Waals surface area contributed by atoms with Crippen LogP contribution < -0.4 is 10.1 Å². The van der Waals surface area contributed by atoms with E-state index < -0.39 is 18.5 Å². The molecule has 0 atom stereocenters. The molecule has 1 N–H and O–H groups in total. The van der Waals surface area contributed by atoms with Crippen molar-refractivity contribution in [1.29, 1.82) is 0 Å². The monoisotopic (exact) mass is 379 g/mol. The molecule has 0 aliphatic carbocycles. The highest BCUT2D eigenvalue weighted by atomic mass is 35.5. The van der Waals surface area contributed by atoms with Crippen LogP contribution in [0, 0.1) is 0 Å². The molecule has 2 aromatic rings. The Bertz CT molecular complexity index is 788. The fraction of sp³-hybridized carbons (Fsp3) is 0.111. The van der Waals surface area contributed by atoms with E-state index in [9.17, 15) is 9.59 Å². The van der Waals surface area contributed by atoms with Gasteiger partial charge in [-0.05, 0) is 42.0 Å². The van der Waals surface area contributed by atoms with Crippen LogP contribution in [0.5, 0.6) is 5.75 Å². The lowest BCUT2D eigenvalue weighted by Gasteiger charge is -2.07. The Morgan fingerprint density at radius 2 is 1.84 bits per heavy atom. The zero-order valence-corrected chi connectivity index (χ0v) is 14.8. The van der Waals surface area contributed by atoms with Gasteiger partial charge in [0.1, 0.15) is 5.75 Å². The van der Waals surface area contributed by atoms with Gasteiger partial charge >= 0.3 is 5.97 Å². The normalized spacial score (nSPS) is 10.5. The van der Waals surface area contributed by atoms with Gasteiger partial charge in [-0.1, -0.05) is 35.3 Å². The van der Waals surface area contributed by atoms with E-state index in [1.54, 1.807) is 49.6 Å². The Hall–Kier alpha value is -2.50. The van der Waals surface area contributed by atoms with Gasteiger partial charge in [-0.25, -0.2) is 4.79 Å². The Kier molecular flexibility index (Phi) is 6.86. The third kappa shape index (κ3) is 6.14. The van der Waals surface area contributed by atoms with Gasteiger partial charge in [0, 0.05) is 11.1 Å². The molecule has 0 spiro atoms. The number of rotatable bonds is 6. The zero-order chi connectivity index (χ0) is 18.2. The number of hydrogen-bond donors (Lipinski definition) is 1. The van der Waals surface area contributed by atoms with E-state index in [4.69, 9.17) is 32.7 Å². The van der Waals surface area contributed by atoms with Crippen LogP contribution in [0.3, 0.4) is 0 Å². The number of halogens is 2. The molecular formula is C18H15Cl2NO4. The highest BCUT2D eigenvalue weighted by Crippen LogP contribution is 2.25. The molecule has 0 aliphatic heterocycles. The lowest BCUT2D eigenvalue weighted by molar-refractivity contribution is -0.142. The van der Waals surface area contributed by atoms with Crippen LogP contribution in [-0.2, 0) is 14.3 Å². The number of carbonyl (C=O) groups is 2. The van der Waals surface area contributed by atoms with Crippen molar-refractivity contribution in [3.63, 3.8) is 0 Å². The number of amides is 1. The number of hydrogen-bond acceptors (Lipinski definition) is 4. The number of anilines is 1. The van der Waals surface area contributed by atoms with Crippen LogP contribution in [0.15, 0.2) is 48.5 Å². The van der Waals surface area contributed by atoms with E-state index in [1.165, 1.54) is 12.1 Å². The molecule has 1 amide bonds. The molecule has 0 unspecified atom stereocenters. The summed E-state index contributed by atoms with van der Waals surface area (Å²) in [4.78, 5) is 23.4. The van der Waals surface area contributed by atoms with Crippen molar-refractivity contribution >= 4 is 46.8 Å². The molecule has 0 saturated heterocycles. The van der Waals surface area contributed by atoms with Gasteiger partial charge in [0.25, 0.3) is 5.91 Å². The summed E-state index contributed by atoms with van der Waals surface area (Å²) in [5, 5.41) is 3.29. The molecule has 2 rings (SSSR count). The summed E-state index contributed by atoms with van der Waals surface area (Å²) in [5.74, 6) is -0.416. The first kappa shape index (κ1) is 18.8. The van der Waals surface area contributed by atoms with Gasteiger partial charge in [-0.2, -0.15) is 0 Å². The number of ether oxygens (including phenoxy) is 2. The fourth-order valence-corrected chi connectivity index (χ4v) is 2.30. The van der Waals surface area contributed by atoms with Crippen LogP contribution in [0.2, 0.25) is 10.0 Å². The second-order valence-electron chi connectivity index (χ2n) is 4.89. The molecule has 0 saturated carbocycles. The minimum absolute atomic E-state index is 0.298. The zero-order valence-electron chi connectivity index (χ0n) is 13.3. The average molecular weight is 380 g/mol. The van der Waals surface area contributed by atoms with E-state index >= 15 is 0 Å². The fourth-order valence-electron chi connectivity index (χ4n) is 1.84. The third-order valence-electron chi connectivity index (χ3n) is 3.08. The van der Waals surface area contributed by atoms with Crippen molar-refractivity contribution in [2.45, 2.75) is 0 Å². The van der Waals surface area contributed by atoms with Gasteiger partial charge in [0.05, 0.1) is 17.8 Å². The summed E-state index contributed by atoms with van der Waals surface area (Å²) in [5.41, 5.74) is 1.19. The number of benzene rings is 2. The van der Waals surface area contributed by atoms with E-state index in [0.717, 1.165) is 11.3 Å². The van der Waals surface area contributed by atoms with Gasteiger partial charge in [-0.15, -0.1) is 0 Å². The number of carbonyl (C=O) groups excluding carboxylic acids is 2. The maximum absolute atomic E-state index is 11.8. The highest BCUT2D eigenvalue weighted by Gasteiger charge is 2.08. The Morgan fingerprint density at radius 3 is 2.48 bits per heavy atom. The van der Waals surface area contributed by atoms with Gasteiger partial charge in [0.2, 0.25) is 0 Å². The van der Waals surface area contributed by atoms with Crippen molar-refractivity contribution in [3.05, 3.63) is 64.1 Å². The van der Waals surface area contributed by atoms with Crippen LogP contribution in [0.1, 0.15) is 5.56 Å². The number of esters is 1. The smallest absolute Gasteiger partial charge is 0.331 e. The summed E-state index contributed by atoms with van der Waals surface area (Å²) in [6.45, 7) is -0.426. The van der Waals surface area contributed by atoms with Gasteiger partial charge in [-0.3, -0.25) is 4.79 Å². The van der Waals surface area contributed by atoms with Gasteiger partial charge in [0.15, 0.2) is 6.61 Å². The third-order valence-corrected chi connectivity index (χ3v) is 3.63. The molecule has 2 aromatic carbocycles. The largest absolute Gasteiger partial charge is 0.497 e. The SMILES string of the molecule is COc1ccc(/C=C/C(=O)OCC(=O)Nc2ccc(Cl)cc2Cl)cc1. The van der Waals surface area contributed by atoms with Crippen molar-refractivity contribution < 1.29 is 19.1 Å². The molecule has 0 bridgehead atoms. The van der Waals surface area contributed by atoms with Gasteiger partial charge < -0.3 is 14.8 Å². The second-order valence-corrected chi connectivity index (χ2v) is 5.73. The maximum Gasteiger partial charge on any atom is 0.331 e. The van der Waals surface area contributed by atoms with E-state index in [0.29, 0.717) is 15.7 Å². The lowest BCUT2D eigenvalue weighted by Crippen LogP contribution is -2.20. The molecule has 0 radical (unpaired) electrons. The van der Waals surface area contributed by atoms with E-state index in [1.807, 2.05) is 0 Å². The minimum atomic E-state index is -0.631. The number of nitrogens with one attached hydrogen (secondary N) is 1. The molecule has 0 fully saturated rings. The predicted octanol–water partition coefficient (Wildman–Crippen LogP) is 4.20. The molecule has 5 nitrogen and oxygen atoms in total. The molecule has 0 aliphatic rings. The highest BCUT2D eigenvalue weighted by molar-refractivity contribution is 6.36. The number of methoxy groups -OCH3 is 1. The Morgan fingerprint density at radius 1 is 1.12 bits per heavy atom. The standard InChI is InChI=1S/C18H15Cl2NO4/c1-24-14-6-2-12(3-7-14)4-9-18(23)25-11-17(22)21-16-8-5-13(19)10-15(16)20/h2-10H,11H2,1H3,(H,21,22)/b9-4+. The van der Waals surface area contributed by atoms with E-state index in [2.05, 4.69) is 5.32 Å². The predicted molar refractivity (Wildman–Crippen MR) is 98.1 cm³/mol. The van der Waals surface area contributed by atoms with Crippen molar-refractivity contribution in [2.24, 2.45) is 0 Å². The van der Waals surface area contributed by atoms with Crippen molar-refractivity contribution in [1.82, 2.24) is 0 Å². The van der Waals surface area contributed by atoms with Crippen LogP contribution in [0.25, 0.3) is 6.08 Å². The van der Waals surface area contributed by atoms with Crippen LogP contribution in [-0.4, -0.2) is 25.6 Å². The van der Waals surface area contributed by atoms with Crippen LogP contribution >= 0.6 is 23.2 Å². The Labute approximate surface area is 155 Å². The van der Waals surface area contributed by atoms with Crippen molar-refractivity contribution in [3.8, 4) is 5.75 Å². The molecule has 0 aromatic heterocycles.